The monoisotopic (exact) mass is 318 g/mol. The van der Waals surface area contributed by atoms with Crippen molar-refractivity contribution in [2.75, 3.05) is 26.2 Å². The lowest BCUT2D eigenvalue weighted by Gasteiger charge is -2.39. The minimum absolute atomic E-state index is 0.173. The molecule has 0 aliphatic carbocycles. The molecule has 3 nitrogen and oxygen atoms in total. The van der Waals surface area contributed by atoms with Gasteiger partial charge in [-0.1, -0.05) is 26.0 Å². The number of halogens is 1. The second-order valence-electron chi connectivity index (χ2n) is 7.62. The SMILES string of the molecule is CC(C)CN1CCC2(CCCN(Cc3ccc(F)cc3)C2=O)C1. The van der Waals surface area contributed by atoms with Crippen molar-refractivity contribution < 1.29 is 9.18 Å². The van der Waals surface area contributed by atoms with Crippen LogP contribution in [0.3, 0.4) is 0 Å². The van der Waals surface area contributed by atoms with E-state index in [1.807, 2.05) is 4.90 Å². The molecule has 2 fully saturated rings. The Balaban J connectivity index is 1.68. The van der Waals surface area contributed by atoms with E-state index in [1.165, 1.54) is 12.1 Å². The number of likely N-dealkylation sites (tertiary alicyclic amines) is 2. The largest absolute Gasteiger partial charge is 0.338 e. The van der Waals surface area contributed by atoms with E-state index < -0.39 is 0 Å². The fourth-order valence-electron chi connectivity index (χ4n) is 4.12. The lowest BCUT2D eigenvalue weighted by Crippen LogP contribution is -2.49. The predicted molar refractivity (Wildman–Crippen MR) is 89.4 cm³/mol. The lowest BCUT2D eigenvalue weighted by atomic mass is 9.78. The second-order valence-corrected chi connectivity index (χ2v) is 7.62. The molecule has 126 valence electrons. The normalized spacial score (nSPS) is 25.7. The molecule has 1 amide bonds. The molecule has 3 rings (SSSR count). The first-order valence-corrected chi connectivity index (χ1v) is 8.75. The minimum atomic E-state index is -0.227. The molecule has 2 heterocycles. The van der Waals surface area contributed by atoms with Crippen LogP contribution in [-0.4, -0.2) is 41.9 Å². The summed E-state index contributed by atoms with van der Waals surface area (Å²) in [6.07, 6.45) is 3.07. The molecule has 23 heavy (non-hydrogen) atoms. The summed E-state index contributed by atoms with van der Waals surface area (Å²) >= 11 is 0. The molecule has 1 atom stereocenters. The zero-order valence-corrected chi connectivity index (χ0v) is 14.2. The van der Waals surface area contributed by atoms with Gasteiger partial charge in [0.1, 0.15) is 5.82 Å². The molecule has 0 saturated carbocycles. The third kappa shape index (κ3) is 3.57. The van der Waals surface area contributed by atoms with Crippen molar-refractivity contribution in [2.24, 2.45) is 11.3 Å². The highest BCUT2D eigenvalue weighted by molar-refractivity contribution is 5.84. The van der Waals surface area contributed by atoms with Crippen molar-refractivity contribution >= 4 is 5.91 Å². The van der Waals surface area contributed by atoms with Gasteiger partial charge in [0.15, 0.2) is 0 Å². The number of carbonyl (C=O) groups excluding carboxylic acids is 1. The Labute approximate surface area is 138 Å². The summed E-state index contributed by atoms with van der Waals surface area (Å²) in [6, 6.07) is 6.51. The van der Waals surface area contributed by atoms with Gasteiger partial charge >= 0.3 is 0 Å². The third-order valence-electron chi connectivity index (χ3n) is 5.17. The highest BCUT2D eigenvalue weighted by Gasteiger charge is 2.48. The van der Waals surface area contributed by atoms with Gasteiger partial charge in [0, 0.05) is 26.2 Å². The molecule has 0 aromatic heterocycles. The quantitative estimate of drug-likeness (QED) is 0.850. The van der Waals surface area contributed by atoms with Crippen LogP contribution in [0.4, 0.5) is 4.39 Å². The highest BCUT2D eigenvalue weighted by Crippen LogP contribution is 2.40. The number of hydrogen-bond acceptors (Lipinski definition) is 2. The Morgan fingerprint density at radius 1 is 1.17 bits per heavy atom. The molecule has 1 aromatic rings. The summed E-state index contributed by atoms with van der Waals surface area (Å²) in [4.78, 5) is 17.5. The zero-order valence-electron chi connectivity index (χ0n) is 14.2. The Kier molecular flexibility index (Phi) is 4.72. The summed E-state index contributed by atoms with van der Waals surface area (Å²) in [5, 5.41) is 0. The number of piperidine rings is 1. The van der Waals surface area contributed by atoms with Crippen LogP contribution >= 0.6 is 0 Å². The summed E-state index contributed by atoms with van der Waals surface area (Å²) in [5.41, 5.74) is 0.835. The standard InChI is InChI=1S/C19H27FN2O/c1-15(2)12-21-11-9-19(14-21)8-3-10-22(18(19)23)13-16-4-6-17(20)7-5-16/h4-7,15H,3,8-14H2,1-2H3. The van der Waals surface area contributed by atoms with Gasteiger partial charge in [-0.25, -0.2) is 4.39 Å². The van der Waals surface area contributed by atoms with Gasteiger partial charge in [0.25, 0.3) is 0 Å². The molecule has 0 radical (unpaired) electrons. The number of rotatable bonds is 4. The highest BCUT2D eigenvalue weighted by atomic mass is 19.1. The van der Waals surface area contributed by atoms with E-state index in [-0.39, 0.29) is 11.2 Å². The molecule has 2 saturated heterocycles. The van der Waals surface area contributed by atoms with Crippen LogP contribution in [0.1, 0.15) is 38.7 Å². The van der Waals surface area contributed by atoms with Crippen LogP contribution in [-0.2, 0) is 11.3 Å². The average molecular weight is 318 g/mol. The third-order valence-corrected chi connectivity index (χ3v) is 5.17. The van der Waals surface area contributed by atoms with E-state index in [2.05, 4.69) is 18.7 Å². The maximum atomic E-state index is 13.1. The van der Waals surface area contributed by atoms with Crippen LogP contribution in [0.25, 0.3) is 0 Å². The number of carbonyl (C=O) groups is 1. The van der Waals surface area contributed by atoms with Crippen molar-refractivity contribution in [3.8, 4) is 0 Å². The molecule has 0 bridgehead atoms. The van der Waals surface area contributed by atoms with Crippen molar-refractivity contribution in [3.63, 3.8) is 0 Å². The fraction of sp³-hybridized carbons (Fsp3) is 0.632. The van der Waals surface area contributed by atoms with Crippen molar-refractivity contribution in [3.05, 3.63) is 35.6 Å². The van der Waals surface area contributed by atoms with Crippen molar-refractivity contribution in [1.82, 2.24) is 9.80 Å². The summed E-state index contributed by atoms with van der Waals surface area (Å²) < 4.78 is 13.0. The molecule has 2 aliphatic rings. The second kappa shape index (κ2) is 6.60. The first-order chi connectivity index (χ1) is 11.0. The Morgan fingerprint density at radius 2 is 1.91 bits per heavy atom. The first kappa shape index (κ1) is 16.4. The summed E-state index contributed by atoms with van der Waals surface area (Å²) in [5.74, 6) is 0.716. The molecule has 4 heteroatoms. The molecule has 1 aromatic carbocycles. The van der Waals surface area contributed by atoms with E-state index in [9.17, 15) is 9.18 Å². The number of hydrogen-bond donors (Lipinski definition) is 0. The maximum absolute atomic E-state index is 13.1. The van der Waals surface area contributed by atoms with Gasteiger partial charge in [-0.05, 0) is 49.4 Å². The summed E-state index contributed by atoms with van der Waals surface area (Å²) in [7, 11) is 0. The molecular weight excluding hydrogens is 291 g/mol. The van der Waals surface area contributed by atoms with E-state index in [0.717, 1.165) is 51.0 Å². The van der Waals surface area contributed by atoms with Crippen molar-refractivity contribution in [2.45, 2.75) is 39.7 Å². The van der Waals surface area contributed by atoms with Gasteiger partial charge in [-0.3, -0.25) is 4.79 Å². The topological polar surface area (TPSA) is 23.6 Å². The van der Waals surface area contributed by atoms with Crippen LogP contribution < -0.4 is 0 Å². The lowest BCUT2D eigenvalue weighted by molar-refractivity contribution is -0.146. The van der Waals surface area contributed by atoms with Gasteiger partial charge in [0.05, 0.1) is 5.41 Å². The van der Waals surface area contributed by atoms with Gasteiger partial charge in [-0.2, -0.15) is 0 Å². The van der Waals surface area contributed by atoms with Crippen LogP contribution in [0.5, 0.6) is 0 Å². The van der Waals surface area contributed by atoms with E-state index in [4.69, 9.17) is 0 Å². The van der Waals surface area contributed by atoms with Gasteiger partial charge in [-0.15, -0.1) is 0 Å². The fourth-order valence-corrected chi connectivity index (χ4v) is 4.12. The molecule has 1 spiro atoms. The number of nitrogens with zero attached hydrogens (tertiary/aromatic N) is 2. The molecule has 2 aliphatic heterocycles. The van der Waals surface area contributed by atoms with E-state index in [0.29, 0.717) is 18.4 Å². The smallest absolute Gasteiger partial charge is 0.230 e. The molecular formula is C19H27FN2O. The number of amides is 1. The van der Waals surface area contributed by atoms with Crippen LogP contribution in [0.2, 0.25) is 0 Å². The van der Waals surface area contributed by atoms with E-state index in [1.54, 1.807) is 12.1 Å². The predicted octanol–water partition coefficient (Wildman–Crippen LogP) is 3.30. The Morgan fingerprint density at radius 3 is 2.61 bits per heavy atom. The minimum Gasteiger partial charge on any atom is -0.338 e. The first-order valence-electron chi connectivity index (χ1n) is 8.75. The van der Waals surface area contributed by atoms with Crippen LogP contribution in [0, 0.1) is 17.2 Å². The number of benzene rings is 1. The van der Waals surface area contributed by atoms with Crippen molar-refractivity contribution in [1.29, 1.82) is 0 Å². The maximum Gasteiger partial charge on any atom is 0.230 e. The average Bonchev–Trinajstić information content (AvgIpc) is 2.89. The Bertz CT molecular complexity index is 557. The molecule has 0 N–H and O–H groups in total. The zero-order chi connectivity index (χ0) is 16.4. The summed E-state index contributed by atoms with van der Waals surface area (Å²) in [6.45, 7) is 8.90. The van der Waals surface area contributed by atoms with E-state index >= 15 is 0 Å². The molecule has 1 unspecified atom stereocenters. The Hall–Kier alpha value is -1.42. The van der Waals surface area contributed by atoms with Crippen LogP contribution in [0.15, 0.2) is 24.3 Å². The van der Waals surface area contributed by atoms with Gasteiger partial charge < -0.3 is 9.80 Å². The van der Waals surface area contributed by atoms with Gasteiger partial charge in [0.2, 0.25) is 5.91 Å².